The number of halogens is 1. The number of aromatic nitrogens is 1. The van der Waals surface area contributed by atoms with E-state index in [1.165, 1.54) is 0 Å². The Morgan fingerprint density at radius 3 is 2.48 bits per heavy atom. The number of hydrogen-bond donors (Lipinski definition) is 2. The van der Waals surface area contributed by atoms with Crippen molar-refractivity contribution in [1.82, 2.24) is 4.57 Å². The number of nitrogens with zero attached hydrogens (tertiary/aromatic N) is 1. The zero-order valence-electron chi connectivity index (χ0n) is 16.9. The van der Waals surface area contributed by atoms with E-state index in [4.69, 9.17) is 27.2 Å². The Balaban J connectivity index is 2.07. The summed E-state index contributed by atoms with van der Waals surface area (Å²) in [6, 6.07) is 16.8. The highest BCUT2D eigenvalue weighted by molar-refractivity contribution is 6.30. The van der Waals surface area contributed by atoms with Crippen LogP contribution in [0.1, 0.15) is 28.4 Å². The second-order valence-electron chi connectivity index (χ2n) is 7.30. The monoisotopic (exact) mass is 436 g/mol. The molecule has 1 amide bonds. The molecule has 0 saturated heterocycles. The van der Waals surface area contributed by atoms with Gasteiger partial charge in [0.2, 0.25) is 5.91 Å². The molecule has 4 rings (SSSR count). The van der Waals surface area contributed by atoms with Gasteiger partial charge in [0.25, 0.3) is 0 Å². The summed E-state index contributed by atoms with van der Waals surface area (Å²) in [5, 5.41) is 11.1. The van der Waals surface area contributed by atoms with Crippen LogP contribution in [0.3, 0.4) is 0 Å². The number of aliphatic carboxylic acids is 1. The normalized spacial score (nSPS) is 11.2. The van der Waals surface area contributed by atoms with Gasteiger partial charge < -0.3 is 20.1 Å². The van der Waals surface area contributed by atoms with E-state index >= 15 is 0 Å². The molecule has 4 aromatic rings. The zero-order valence-corrected chi connectivity index (χ0v) is 17.6. The Kier molecular flexibility index (Phi) is 5.57. The molecule has 0 saturated carbocycles. The van der Waals surface area contributed by atoms with E-state index in [0.29, 0.717) is 33.7 Å². The second-order valence-corrected chi connectivity index (χ2v) is 7.74. The molecule has 6 nitrogen and oxygen atoms in total. The highest BCUT2D eigenvalue weighted by atomic mass is 35.5. The lowest BCUT2D eigenvalue weighted by Crippen LogP contribution is -2.12. The fraction of sp³-hybridized carbons (Fsp3) is 0.167. The summed E-state index contributed by atoms with van der Waals surface area (Å²) in [6.45, 7) is 2.04. The Bertz CT molecular complexity index is 1330. The van der Waals surface area contributed by atoms with Crippen LogP contribution in [0.25, 0.3) is 21.8 Å². The van der Waals surface area contributed by atoms with Crippen molar-refractivity contribution in [3.63, 3.8) is 0 Å². The molecule has 0 fully saturated rings. The molecule has 158 valence electrons. The third kappa shape index (κ3) is 3.94. The Morgan fingerprint density at radius 1 is 1.03 bits per heavy atom. The van der Waals surface area contributed by atoms with Gasteiger partial charge in [0.15, 0.2) is 6.61 Å². The molecule has 0 aliphatic heterocycles. The number of fused-ring (bicyclic) bond motifs is 3. The van der Waals surface area contributed by atoms with Crippen molar-refractivity contribution < 1.29 is 19.4 Å². The van der Waals surface area contributed by atoms with E-state index in [2.05, 4.69) is 4.57 Å². The number of carbonyl (C=O) groups is 2. The van der Waals surface area contributed by atoms with Crippen molar-refractivity contribution in [2.75, 3.05) is 6.61 Å². The lowest BCUT2D eigenvalue weighted by molar-refractivity contribution is -0.139. The van der Waals surface area contributed by atoms with Crippen molar-refractivity contribution in [2.24, 2.45) is 5.73 Å². The fourth-order valence-corrected chi connectivity index (χ4v) is 4.14. The van der Waals surface area contributed by atoms with E-state index < -0.39 is 18.5 Å². The first-order valence-corrected chi connectivity index (χ1v) is 10.2. The fourth-order valence-electron chi connectivity index (χ4n) is 3.93. The van der Waals surface area contributed by atoms with Crippen molar-refractivity contribution in [3.8, 4) is 5.75 Å². The maximum absolute atomic E-state index is 12.2. The van der Waals surface area contributed by atoms with Crippen LogP contribution < -0.4 is 10.5 Å². The number of carboxylic acid groups (broad SMARTS) is 1. The average molecular weight is 437 g/mol. The molecular formula is C24H21ClN2O4. The van der Waals surface area contributed by atoms with Crippen molar-refractivity contribution in [2.45, 2.75) is 19.9 Å². The topological polar surface area (TPSA) is 94.6 Å². The first kappa shape index (κ1) is 20.8. The smallest absolute Gasteiger partial charge is 0.341 e. The van der Waals surface area contributed by atoms with Gasteiger partial charge in [-0.05, 0) is 53.9 Å². The summed E-state index contributed by atoms with van der Waals surface area (Å²) in [5.41, 5.74) is 9.66. The molecule has 7 heteroatoms. The molecule has 0 aliphatic rings. The van der Waals surface area contributed by atoms with Gasteiger partial charge in [0.05, 0.1) is 16.4 Å². The quantitative estimate of drug-likeness (QED) is 0.442. The Hall–Kier alpha value is -3.51. The Labute approximate surface area is 183 Å². The van der Waals surface area contributed by atoms with Crippen LogP contribution in [-0.2, 0) is 17.8 Å². The maximum atomic E-state index is 12.2. The van der Waals surface area contributed by atoms with Gasteiger partial charge in [0.1, 0.15) is 5.75 Å². The number of nitrogens with two attached hydrogens (primary N) is 1. The van der Waals surface area contributed by atoms with Crippen LogP contribution in [0, 0.1) is 0 Å². The predicted molar refractivity (Wildman–Crippen MR) is 121 cm³/mol. The molecule has 1 heterocycles. The third-order valence-corrected chi connectivity index (χ3v) is 5.50. The summed E-state index contributed by atoms with van der Waals surface area (Å²) < 4.78 is 7.74. The SMILES string of the molecule is CCc1cc(OCC(=O)O)c2c3c(C(N)=O)cccc3n(Cc3cccc(Cl)c3)c2c1. The molecule has 0 atom stereocenters. The number of amides is 1. The zero-order chi connectivity index (χ0) is 22.1. The molecule has 0 bridgehead atoms. The molecule has 0 aliphatic carbocycles. The van der Waals surface area contributed by atoms with E-state index in [-0.39, 0.29) is 0 Å². The number of carbonyl (C=O) groups excluding carboxylic acids is 1. The number of aryl methyl sites for hydroxylation is 1. The van der Waals surface area contributed by atoms with Crippen LogP contribution in [0.2, 0.25) is 5.02 Å². The molecule has 3 aromatic carbocycles. The third-order valence-electron chi connectivity index (χ3n) is 5.27. The minimum Gasteiger partial charge on any atom is -0.481 e. The molecule has 1 aromatic heterocycles. The number of carboxylic acids is 1. The number of hydrogen-bond acceptors (Lipinski definition) is 3. The molecule has 0 unspecified atom stereocenters. The van der Waals surface area contributed by atoms with E-state index in [1.54, 1.807) is 12.1 Å². The van der Waals surface area contributed by atoms with Crippen LogP contribution in [0.4, 0.5) is 0 Å². The molecule has 0 radical (unpaired) electrons. The number of rotatable bonds is 7. The van der Waals surface area contributed by atoms with Crippen LogP contribution >= 0.6 is 11.6 Å². The summed E-state index contributed by atoms with van der Waals surface area (Å²) in [4.78, 5) is 23.4. The van der Waals surface area contributed by atoms with Gasteiger partial charge in [-0.15, -0.1) is 0 Å². The molecular weight excluding hydrogens is 416 g/mol. The molecule has 31 heavy (non-hydrogen) atoms. The van der Waals surface area contributed by atoms with E-state index in [9.17, 15) is 9.59 Å². The lowest BCUT2D eigenvalue weighted by atomic mass is 10.0. The van der Waals surface area contributed by atoms with Crippen LogP contribution in [0.15, 0.2) is 54.6 Å². The van der Waals surface area contributed by atoms with E-state index in [1.807, 2.05) is 49.4 Å². The largest absolute Gasteiger partial charge is 0.481 e. The van der Waals surface area contributed by atoms with Crippen molar-refractivity contribution in [3.05, 3.63) is 76.3 Å². The van der Waals surface area contributed by atoms with Crippen LogP contribution in [0.5, 0.6) is 5.75 Å². The Morgan fingerprint density at radius 2 is 1.81 bits per heavy atom. The molecule has 3 N–H and O–H groups in total. The summed E-state index contributed by atoms with van der Waals surface area (Å²) in [7, 11) is 0. The number of benzene rings is 3. The predicted octanol–water partition coefficient (Wildman–Crippen LogP) is 4.62. The number of ether oxygens (including phenoxy) is 1. The first-order chi connectivity index (χ1) is 14.9. The van der Waals surface area contributed by atoms with Crippen molar-refractivity contribution >= 4 is 45.3 Å². The van der Waals surface area contributed by atoms with Gasteiger partial charge in [-0.1, -0.05) is 36.7 Å². The lowest BCUT2D eigenvalue weighted by Gasteiger charge is -2.11. The highest BCUT2D eigenvalue weighted by Crippen LogP contribution is 2.39. The minimum absolute atomic E-state index is 0.358. The molecule has 0 spiro atoms. The summed E-state index contributed by atoms with van der Waals surface area (Å²) >= 11 is 6.19. The standard InChI is InChI=1S/C24H21ClN2O4/c1-2-14-10-19-23(20(11-14)31-13-21(28)29)22-17(24(26)30)7-4-8-18(22)27(19)12-15-5-3-6-16(25)9-15/h3-11H,2,12-13H2,1H3,(H2,26,30)(H,28,29). The second kappa shape index (κ2) is 8.32. The van der Waals surface area contributed by atoms with Gasteiger partial charge in [0, 0.05) is 22.5 Å². The maximum Gasteiger partial charge on any atom is 0.341 e. The first-order valence-electron chi connectivity index (χ1n) is 9.85. The highest BCUT2D eigenvalue weighted by Gasteiger charge is 2.21. The summed E-state index contributed by atoms with van der Waals surface area (Å²) in [6.07, 6.45) is 0.737. The van der Waals surface area contributed by atoms with Gasteiger partial charge in [-0.3, -0.25) is 4.79 Å². The van der Waals surface area contributed by atoms with Gasteiger partial charge in [-0.2, -0.15) is 0 Å². The van der Waals surface area contributed by atoms with Gasteiger partial charge in [-0.25, -0.2) is 4.79 Å². The van der Waals surface area contributed by atoms with E-state index in [0.717, 1.165) is 28.6 Å². The minimum atomic E-state index is -1.08. The van der Waals surface area contributed by atoms with Crippen molar-refractivity contribution in [1.29, 1.82) is 0 Å². The van der Waals surface area contributed by atoms with Gasteiger partial charge >= 0.3 is 5.97 Å². The summed E-state index contributed by atoms with van der Waals surface area (Å²) in [5.74, 6) is -1.22. The average Bonchev–Trinajstić information content (AvgIpc) is 3.05. The van der Waals surface area contributed by atoms with Crippen LogP contribution in [-0.4, -0.2) is 28.2 Å². The number of primary amides is 1.